The summed E-state index contributed by atoms with van der Waals surface area (Å²) in [5.41, 5.74) is 1.22. The topological polar surface area (TPSA) is 30.2 Å². The molecule has 0 amide bonds. The first kappa shape index (κ1) is 16.2. The molecule has 0 fully saturated rings. The number of rotatable bonds is 0. The Labute approximate surface area is 149 Å². The fourth-order valence-electron chi connectivity index (χ4n) is 3.23. The third-order valence-corrected chi connectivity index (χ3v) is 5.20. The van der Waals surface area contributed by atoms with Gasteiger partial charge in [0.25, 0.3) is 5.92 Å². The van der Waals surface area contributed by atoms with E-state index < -0.39 is 11.5 Å². The molecule has 0 radical (unpaired) electrons. The minimum absolute atomic E-state index is 0.0162. The van der Waals surface area contributed by atoms with Crippen molar-refractivity contribution >= 4 is 28.5 Å². The Morgan fingerprint density at radius 1 is 1.08 bits per heavy atom. The fourth-order valence-corrected chi connectivity index (χ4v) is 3.38. The first-order chi connectivity index (χ1) is 11.7. The van der Waals surface area contributed by atoms with Gasteiger partial charge in [-0.3, -0.25) is 9.56 Å². The summed E-state index contributed by atoms with van der Waals surface area (Å²) in [5, 5.41) is 0.621. The van der Waals surface area contributed by atoms with Crippen LogP contribution in [0.2, 0.25) is 5.02 Å². The molecule has 1 aromatic heterocycles. The highest BCUT2D eigenvalue weighted by Crippen LogP contribution is 2.46. The molecule has 2 aromatic carbocycles. The second-order valence-electron chi connectivity index (χ2n) is 6.77. The number of benzene rings is 2. The van der Waals surface area contributed by atoms with Crippen LogP contribution < -0.4 is 0 Å². The summed E-state index contributed by atoms with van der Waals surface area (Å²) in [5.74, 6) is -2.58. The van der Waals surface area contributed by atoms with Crippen molar-refractivity contribution in [1.82, 2.24) is 9.55 Å². The van der Waals surface area contributed by atoms with E-state index >= 15 is 0 Å². The van der Waals surface area contributed by atoms with Crippen molar-refractivity contribution in [3.05, 3.63) is 64.4 Å². The maximum atomic E-state index is 14.9. The first-order valence-electron chi connectivity index (χ1n) is 7.94. The first-order valence-corrected chi connectivity index (χ1v) is 8.32. The molecule has 6 heteroatoms. The van der Waals surface area contributed by atoms with Crippen LogP contribution in [-0.2, 0) is 5.92 Å². The molecule has 1 aliphatic rings. The molecule has 3 nitrogen and oxygen atoms in total. The molecule has 128 valence electrons. The summed E-state index contributed by atoms with van der Waals surface area (Å²) >= 11 is 6.17. The number of hydrogen-bond donors (Lipinski definition) is 0. The Kier molecular flexibility index (Phi) is 3.32. The van der Waals surface area contributed by atoms with Gasteiger partial charge in [0.05, 0.1) is 11.0 Å². The number of fused-ring (bicyclic) bond motifs is 2. The Morgan fingerprint density at radius 2 is 1.80 bits per heavy atom. The van der Waals surface area contributed by atoms with Crippen LogP contribution >= 0.6 is 11.6 Å². The highest BCUT2D eigenvalue weighted by atomic mass is 35.5. The lowest BCUT2D eigenvalue weighted by molar-refractivity contribution is -0.0684. The quantitative estimate of drug-likeness (QED) is 0.544. The van der Waals surface area contributed by atoms with Crippen LogP contribution in [0.1, 0.15) is 30.5 Å². The van der Waals surface area contributed by atoms with E-state index in [9.17, 15) is 8.78 Å². The van der Waals surface area contributed by atoms with Crippen LogP contribution in [0, 0.1) is 6.92 Å². The van der Waals surface area contributed by atoms with Crippen molar-refractivity contribution in [3.63, 3.8) is 0 Å². The summed E-state index contributed by atoms with van der Waals surface area (Å²) in [7, 11) is 0. The van der Waals surface area contributed by atoms with Gasteiger partial charge >= 0.3 is 0 Å². The second kappa shape index (κ2) is 5.11. The van der Waals surface area contributed by atoms with Gasteiger partial charge in [-0.15, -0.1) is 0 Å². The van der Waals surface area contributed by atoms with Gasteiger partial charge in [-0.05, 0) is 38.5 Å². The van der Waals surface area contributed by atoms with E-state index in [0.717, 1.165) is 16.6 Å². The number of alkyl halides is 2. The van der Waals surface area contributed by atoms with Gasteiger partial charge in [0.2, 0.25) is 0 Å². The maximum absolute atomic E-state index is 14.9. The summed E-state index contributed by atoms with van der Waals surface area (Å²) in [6, 6.07) is 10.1. The van der Waals surface area contributed by atoms with E-state index in [2.05, 4.69) is 9.98 Å². The van der Waals surface area contributed by atoms with E-state index in [1.54, 1.807) is 35.2 Å². The Balaban J connectivity index is 2.03. The molecule has 0 saturated heterocycles. The highest BCUT2D eigenvalue weighted by molar-refractivity contribution is 6.32. The minimum Gasteiger partial charge on any atom is -0.283 e. The maximum Gasteiger partial charge on any atom is 0.298 e. The van der Waals surface area contributed by atoms with Gasteiger partial charge in [0.1, 0.15) is 17.7 Å². The van der Waals surface area contributed by atoms with E-state index in [-0.39, 0.29) is 5.56 Å². The van der Waals surface area contributed by atoms with Gasteiger partial charge in [0, 0.05) is 16.1 Å². The lowest BCUT2D eigenvalue weighted by atomic mass is 9.84. The molecule has 4 rings (SSSR count). The molecule has 0 saturated carbocycles. The van der Waals surface area contributed by atoms with Crippen molar-refractivity contribution in [2.24, 2.45) is 4.99 Å². The molecular formula is C19H16ClF2N3. The monoisotopic (exact) mass is 359 g/mol. The smallest absolute Gasteiger partial charge is 0.283 e. The number of aliphatic imine (C=N–C) groups is 1. The van der Waals surface area contributed by atoms with Crippen LogP contribution in [0.5, 0.6) is 0 Å². The van der Waals surface area contributed by atoms with Crippen molar-refractivity contribution in [1.29, 1.82) is 0 Å². The van der Waals surface area contributed by atoms with E-state index in [1.165, 1.54) is 19.9 Å². The Morgan fingerprint density at radius 3 is 2.56 bits per heavy atom. The average Bonchev–Trinajstić information content (AvgIpc) is 2.99. The number of aryl methyl sites for hydroxylation is 1. The third-order valence-electron chi connectivity index (χ3n) is 4.79. The molecule has 1 aliphatic heterocycles. The molecular weight excluding hydrogens is 344 g/mol. The third kappa shape index (κ3) is 2.15. The standard InChI is InChI=1S/C19H16ClF2N3/c1-11-14(20)8-9-15-16(11)23-10-25(15)17-12-6-4-5-7-13(12)19(21,22)18(2,3)24-17/h4-10H,1-3H3. The predicted octanol–water partition coefficient (Wildman–Crippen LogP) is 5.18. The van der Waals surface area contributed by atoms with Crippen LogP contribution in [0.4, 0.5) is 8.78 Å². The van der Waals surface area contributed by atoms with Crippen molar-refractivity contribution in [3.8, 4) is 0 Å². The highest BCUT2D eigenvalue weighted by Gasteiger charge is 2.52. The molecule has 3 aromatic rings. The largest absolute Gasteiger partial charge is 0.298 e. The van der Waals surface area contributed by atoms with Gasteiger partial charge in [-0.2, -0.15) is 8.78 Å². The zero-order chi connectivity index (χ0) is 18.0. The fraction of sp³-hybridized carbons (Fsp3) is 0.263. The lowest BCUT2D eigenvalue weighted by Gasteiger charge is -2.37. The number of aromatic nitrogens is 2. The average molecular weight is 360 g/mol. The second-order valence-corrected chi connectivity index (χ2v) is 7.18. The Bertz CT molecular complexity index is 1030. The van der Waals surface area contributed by atoms with E-state index in [1.807, 2.05) is 13.0 Å². The van der Waals surface area contributed by atoms with Crippen molar-refractivity contribution < 1.29 is 8.78 Å². The zero-order valence-electron chi connectivity index (χ0n) is 14.0. The van der Waals surface area contributed by atoms with Crippen LogP contribution in [-0.4, -0.2) is 20.9 Å². The summed E-state index contributed by atoms with van der Waals surface area (Å²) in [6.07, 6.45) is 1.61. The number of halogens is 3. The number of nitrogens with zero attached hydrogens (tertiary/aromatic N) is 3. The molecule has 0 unspecified atom stereocenters. The molecule has 0 aliphatic carbocycles. The molecule has 0 bridgehead atoms. The molecule has 0 atom stereocenters. The van der Waals surface area contributed by atoms with Crippen molar-refractivity contribution in [2.45, 2.75) is 32.2 Å². The number of imidazole rings is 1. The zero-order valence-corrected chi connectivity index (χ0v) is 14.8. The molecule has 25 heavy (non-hydrogen) atoms. The normalized spacial score (nSPS) is 18.1. The molecule has 0 N–H and O–H groups in total. The molecule has 0 spiro atoms. The van der Waals surface area contributed by atoms with Gasteiger partial charge in [0.15, 0.2) is 0 Å². The van der Waals surface area contributed by atoms with Gasteiger partial charge in [-0.25, -0.2) is 4.98 Å². The lowest BCUT2D eigenvalue weighted by Crippen LogP contribution is -2.45. The van der Waals surface area contributed by atoms with Crippen molar-refractivity contribution in [2.75, 3.05) is 0 Å². The molecule has 2 heterocycles. The predicted molar refractivity (Wildman–Crippen MR) is 95.8 cm³/mol. The van der Waals surface area contributed by atoms with Gasteiger partial charge < -0.3 is 0 Å². The Hall–Kier alpha value is -2.27. The number of hydrogen-bond acceptors (Lipinski definition) is 2. The summed E-state index contributed by atoms with van der Waals surface area (Å²) in [6.45, 7) is 4.78. The van der Waals surface area contributed by atoms with E-state index in [4.69, 9.17) is 11.6 Å². The minimum atomic E-state index is -3.05. The van der Waals surface area contributed by atoms with Crippen LogP contribution in [0.25, 0.3) is 11.0 Å². The van der Waals surface area contributed by atoms with Crippen LogP contribution in [0.15, 0.2) is 47.7 Å². The summed E-state index contributed by atoms with van der Waals surface area (Å²) < 4.78 is 31.5. The SMILES string of the molecule is Cc1c(Cl)ccc2c1ncn2C1=NC(C)(C)C(F)(F)c2ccccc21. The van der Waals surface area contributed by atoms with Gasteiger partial charge in [-0.1, -0.05) is 35.9 Å². The summed E-state index contributed by atoms with van der Waals surface area (Å²) in [4.78, 5) is 8.83. The van der Waals surface area contributed by atoms with Crippen LogP contribution in [0.3, 0.4) is 0 Å². The van der Waals surface area contributed by atoms with E-state index in [0.29, 0.717) is 16.4 Å².